The Hall–Kier alpha value is 0.310. The van der Waals surface area contributed by atoms with Gasteiger partial charge >= 0.3 is 0 Å². The topological polar surface area (TPSA) is 3.24 Å². The number of likely N-dealkylation sites (tertiary alicyclic amines) is 1. The molecule has 2 heteroatoms. The van der Waals surface area contributed by atoms with E-state index in [0.29, 0.717) is 5.37 Å². The molecular weight excluding hydrogens is 166 g/mol. The van der Waals surface area contributed by atoms with Crippen molar-refractivity contribution < 1.29 is 0 Å². The molecule has 0 spiro atoms. The van der Waals surface area contributed by atoms with E-state index >= 15 is 0 Å². The van der Waals surface area contributed by atoms with Gasteiger partial charge in [-0.3, -0.25) is 4.90 Å². The van der Waals surface area contributed by atoms with Gasteiger partial charge in [0.25, 0.3) is 0 Å². The predicted octanol–water partition coefficient (Wildman–Crippen LogP) is 2.63. The summed E-state index contributed by atoms with van der Waals surface area (Å²) < 4.78 is 0. The van der Waals surface area contributed by atoms with Crippen LogP contribution in [-0.2, 0) is 0 Å². The van der Waals surface area contributed by atoms with Gasteiger partial charge in [-0.2, -0.15) is 12.6 Å². The molecule has 0 aromatic heterocycles. The summed E-state index contributed by atoms with van der Waals surface area (Å²) in [5, 5.41) is 0.443. The standard InChI is InChI=1S/C10H21NS/c1-8(2)10-4-6-11(7-5-10)9(3)12/h8-10,12H,4-7H2,1-3H3/t9-/m0/s1. The van der Waals surface area contributed by atoms with Crippen LogP contribution in [-0.4, -0.2) is 23.4 Å². The molecule has 1 atom stereocenters. The minimum Gasteiger partial charge on any atom is -0.292 e. The first-order valence-corrected chi connectivity index (χ1v) is 5.55. The van der Waals surface area contributed by atoms with Crippen molar-refractivity contribution in [2.75, 3.05) is 13.1 Å². The molecule has 1 nitrogen and oxygen atoms in total. The van der Waals surface area contributed by atoms with Gasteiger partial charge in [-0.05, 0) is 44.7 Å². The Morgan fingerprint density at radius 3 is 2.00 bits per heavy atom. The molecule has 0 unspecified atom stereocenters. The summed E-state index contributed by atoms with van der Waals surface area (Å²) in [5.74, 6) is 1.82. The van der Waals surface area contributed by atoms with Gasteiger partial charge in [-0.25, -0.2) is 0 Å². The number of rotatable bonds is 2. The van der Waals surface area contributed by atoms with Gasteiger partial charge in [0.1, 0.15) is 0 Å². The molecule has 0 radical (unpaired) electrons. The minimum atomic E-state index is 0.443. The van der Waals surface area contributed by atoms with Crippen LogP contribution in [0, 0.1) is 11.8 Å². The summed E-state index contributed by atoms with van der Waals surface area (Å²) >= 11 is 4.45. The number of hydrogen-bond acceptors (Lipinski definition) is 2. The molecule has 72 valence electrons. The van der Waals surface area contributed by atoms with Crippen molar-refractivity contribution >= 4 is 12.6 Å². The Morgan fingerprint density at radius 2 is 1.67 bits per heavy atom. The van der Waals surface area contributed by atoms with Crippen LogP contribution in [0.5, 0.6) is 0 Å². The molecular formula is C10H21NS. The zero-order valence-electron chi connectivity index (χ0n) is 8.45. The SMILES string of the molecule is CC(C)C1CCN([C@H](C)S)CC1. The Labute approximate surface area is 81.9 Å². The molecule has 0 amide bonds. The van der Waals surface area contributed by atoms with E-state index in [1.165, 1.54) is 25.9 Å². The van der Waals surface area contributed by atoms with E-state index in [0.717, 1.165) is 11.8 Å². The van der Waals surface area contributed by atoms with Crippen LogP contribution in [0.25, 0.3) is 0 Å². The van der Waals surface area contributed by atoms with Gasteiger partial charge in [0.05, 0.1) is 0 Å². The third kappa shape index (κ3) is 2.67. The van der Waals surface area contributed by atoms with Gasteiger partial charge in [0.15, 0.2) is 0 Å². The Bertz CT molecular complexity index is 110. The molecule has 1 aliphatic heterocycles. The predicted molar refractivity (Wildman–Crippen MR) is 57.6 cm³/mol. The monoisotopic (exact) mass is 187 g/mol. The zero-order chi connectivity index (χ0) is 9.14. The molecule has 12 heavy (non-hydrogen) atoms. The summed E-state index contributed by atoms with van der Waals surface area (Å²) in [6.07, 6.45) is 2.73. The fourth-order valence-corrected chi connectivity index (χ4v) is 2.19. The summed E-state index contributed by atoms with van der Waals surface area (Å²) in [7, 11) is 0. The molecule has 0 aromatic carbocycles. The second-order valence-corrected chi connectivity index (χ2v) is 5.00. The number of piperidine rings is 1. The molecule has 0 aromatic rings. The number of hydrogen-bond donors (Lipinski definition) is 1. The molecule has 0 aliphatic carbocycles. The average Bonchev–Trinajstić information content (AvgIpc) is 2.04. The highest BCUT2D eigenvalue weighted by atomic mass is 32.1. The highest BCUT2D eigenvalue weighted by Gasteiger charge is 2.22. The molecule has 1 rings (SSSR count). The summed E-state index contributed by atoms with van der Waals surface area (Å²) in [5.41, 5.74) is 0. The van der Waals surface area contributed by atoms with Crippen molar-refractivity contribution in [1.82, 2.24) is 4.90 Å². The van der Waals surface area contributed by atoms with Gasteiger partial charge in [-0.1, -0.05) is 13.8 Å². The van der Waals surface area contributed by atoms with Gasteiger partial charge < -0.3 is 0 Å². The van der Waals surface area contributed by atoms with Crippen molar-refractivity contribution in [3.63, 3.8) is 0 Å². The van der Waals surface area contributed by atoms with Crippen LogP contribution in [0.4, 0.5) is 0 Å². The molecule has 1 fully saturated rings. The van der Waals surface area contributed by atoms with Crippen molar-refractivity contribution in [2.45, 2.75) is 39.0 Å². The van der Waals surface area contributed by atoms with E-state index in [1.807, 2.05) is 0 Å². The van der Waals surface area contributed by atoms with E-state index in [9.17, 15) is 0 Å². The lowest BCUT2D eigenvalue weighted by atomic mass is 9.87. The molecule has 1 heterocycles. The fraction of sp³-hybridized carbons (Fsp3) is 1.00. The van der Waals surface area contributed by atoms with Crippen molar-refractivity contribution in [3.8, 4) is 0 Å². The maximum Gasteiger partial charge on any atom is 0.0499 e. The van der Waals surface area contributed by atoms with Crippen LogP contribution in [0.2, 0.25) is 0 Å². The van der Waals surface area contributed by atoms with Gasteiger partial charge in [-0.15, -0.1) is 0 Å². The van der Waals surface area contributed by atoms with E-state index in [2.05, 4.69) is 38.3 Å². The molecule has 0 saturated carbocycles. The zero-order valence-corrected chi connectivity index (χ0v) is 9.35. The Balaban J connectivity index is 2.30. The Kier molecular flexibility index (Phi) is 3.91. The summed E-state index contributed by atoms with van der Waals surface area (Å²) in [4.78, 5) is 2.46. The van der Waals surface area contributed by atoms with Crippen molar-refractivity contribution in [2.24, 2.45) is 11.8 Å². The minimum absolute atomic E-state index is 0.443. The maximum atomic E-state index is 4.45. The summed E-state index contributed by atoms with van der Waals surface area (Å²) in [6, 6.07) is 0. The van der Waals surface area contributed by atoms with Crippen LogP contribution in [0.3, 0.4) is 0 Å². The van der Waals surface area contributed by atoms with E-state index < -0.39 is 0 Å². The second kappa shape index (κ2) is 4.52. The smallest absolute Gasteiger partial charge is 0.0499 e. The molecule has 1 aliphatic rings. The van der Waals surface area contributed by atoms with E-state index in [-0.39, 0.29) is 0 Å². The molecule has 0 bridgehead atoms. The third-order valence-corrected chi connectivity index (χ3v) is 3.37. The largest absolute Gasteiger partial charge is 0.292 e. The van der Waals surface area contributed by atoms with Gasteiger partial charge in [0.2, 0.25) is 0 Å². The highest BCUT2D eigenvalue weighted by Crippen LogP contribution is 2.25. The molecule has 0 N–H and O–H groups in total. The quantitative estimate of drug-likeness (QED) is 0.650. The van der Waals surface area contributed by atoms with Crippen LogP contribution >= 0.6 is 12.6 Å². The molecule has 1 saturated heterocycles. The Morgan fingerprint density at radius 1 is 1.17 bits per heavy atom. The first-order valence-electron chi connectivity index (χ1n) is 5.03. The third-order valence-electron chi connectivity index (χ3n) is 3.05. The normalized spacial score (nSPS) is 24.8. The van der Waals surface area contributed by atoms with E-state index in [4.69, 9.17) is 0 Å². The second-order valence-electron chi connectivity index (χ2n) is 4.25. The van der Waals surface area contributed by atoms with E-state index in [1.54, 1.807) is 0 Å². The van der Waals surface area contributed by atoms with Gasteiger partial charge in [0, 0.05) is 5.37 Å². The van der Waals surface area contributed by atoms with Crippen LogP contribution in [0.1, 0.15) is 33.6 Å². The van der Waals surface area contributed by atoms with Crippen molar-refractivity contribution in [1.29, 1.82) is 0 Å². The number of thiol groups is 1. The first kappa shape index (κ1) is 10.4. The summed E-state index contributed by atoms with van der Waals surface area (Å²) in [6.45, 7) is 9.33. The fourth-order valence-electron chi connectivity index (χ4n) is 1.96. The average molecular weight is 187 g/mol. The lowest BCUT2D eigenvalue weighted by molar-refractivity contribution is 0.154. The first-order chi connectivity index (χ1) is 5.61. The van der Waals surface area contributed by atoms with Crippen molar-refractivity contribution in [3.05, 3.63) is 0 Å². The van der Waals surface area contributed by atoms with Crippen LogP contribution < -0.4 is 0 Å². The maximum absolute atomic E-state index is 4.45. The lowest BCUT2D eigenvalue weighted by Crippen LogP contribution is -2.38. The lowest BCUT2D eigenvalue weighted by Gasteiger charge is -2.35. The number of nitrogens with zero attached hydrogens (tertiary/aromatic N) is 1. The highest BCUT2D eigenvalue weighted by molar-refractivity contribution is 7.80. The van der Waals surface area contributed by atoms with Crippen LogP contribution in [0.15, 0.2) is 0 Å².